The monoisotopic (exact) mass is 318 g/mol. The van der Waals surface area contributed by atoms with Gasteiger partial charge in [0.15, 0.2) is 0 Å². The van der Waals surface area contributed by atoms with E-state index in [2.05, 4.69) is 23.5 Å². The molecule has 4 nitrogen and oxygen atoms in total. The summed E-state index contributed by atoms with van der Waals surface area (Å²) in [7, 11) is 0. The Hall–Kier alpha value is -0.140. The number of nitrogens with one attached hydrogen (secondary N) is 1. The molecule has 116 valence electrons. The van der Waals surface area contributed by atoms with Gasteiger partial charge in [0.2, 0.25) is 0 Å². The minimum atomic E-state index is -0.437. The van der Waals surface area contributed by atoms with Crippen molar-refractivity contribution in [3.05, 3.63) is 16.1 Å². The van der Waals surface area contributed by atoms with Crippen LogP contribution in [0.4, 0.5) is 0 Å². The predicted octanol–water partition coefficient (Wildman–Crippen LogP) is 2.10. The fourth-order valence-electron chi connectivity index (χ4n) is 1.83. The smallest absolute Gasteiger partial charge is 0.0897 e. The van der Waals surface area contributed by atoms with Crippen molar-refractivity contribution in [2.75, 3.05) is 31.8 Å². The van der Waals surface area contributed by atoms with E-state index in [4.69, 9.17) is 4.74 Å². The Bertz CT molecular complexity index is 361. The van der Waals surface area contributed by atoms with Gasteiger partial charge in [0.25, 0.3) is 0 Å². The van der Waals surface area contributed by atoms with E-state index in [0.717, 1.165) is 24.3 Å². The summed E-state index contributed by atoms with van der Waals surface area (Å²) < 4.78 is 5.53. The van der Waals surface area contributed by atoms with Crippen LogP contribution >= 0.6 is 23.1 Å². The van der Waals surface area contributed by atoms with Crippen LogP contribution in [-0.2, 0) is 11.2 Å². The maximum Gasteiger partial charge on any atom is 0.0897 e. The van der Waals surface area contributed by atoms with Gasteiger partial charge in [-0.2, -0.15) is 11.8 Å². The van der Waals surface area contributed by atoms with Crippen LogP contribution in [0, 0.1) is 6.92 Å². The standard InChI is InChI=1S/C14H26N2O2S2/c1-4-12(9-19-3)15-7-13(17)8-18-6-5-14-11(2)16-10-20-14/h10,12-13,15,17H,4-9H2,1-3H3. The second kappa shape index (κ2) is 10.6. The maximum absolute atomic E-state index is 9.87. The second-order valence-electron chi connectivity index (χ2n) is 4.81. The number of rotatable bonds is 11. The predicted molar refractivity (Wildman–Crippen MR) is 87.8 cm³/mol. The quantitative estimate of drug-likeness (QED) is 0.612. The third kappa shape index (κ3) is 7.04. The van der Waals surface area contributed by atoms with Gasteiger partial charge in [0.05, 0.1) is 30.5 Å². The molecular formula is C14H26N2O2S2. The van der Waals surface area contributed by atoms with E-state index in [1.165, 1.54) is 4.88 Å². The number of hydrogen-bond donors (Lipinski definition) is 2. The molecule has 1 aromatic heterocycles. The first-order valence-corrected chi connectivity index (χ1v) is 9.31. The van der Waals surface area contributed by atoms with Gasteiger partial charge in [-0.25, -0.2) is 4.98 Å². The minimum absolute atomic E-state index is 0.389. The number of thioether (sulfide) groups is 1. The highest BCUT2D eigenvalue weighted by molar-refractivity contribution is 7.98. The van der Waals surface area contributed by atoms with Crippen LogP contribution in [-0.4, -0.2) is 54.0 Å². The van der Waals surface area contributed by atoms with Crippen LogP contribution in [0.25, 0.3) is 0 Å². The summed E-state index contributed by atoms with van der Waals surface area (Å²) in [5, 5.41) is 13.2. The van der Waals surface area contributed by atoms with Crippen LogP contribution in [0.5, 0.6) is 0 Å². The van der Waals surface area contributed by atoms with Crippen molar-refractivity contribution in [2.24, 2.45) is 0 Å². The van der Waals surface area contributed by atoms with E-state index in [1.807, 2.05) is 24.2 Å². The van der Waals surface area contributed by atoms with E-state index in [0.29, 0.717) is 25.8 Å². The highest BCUT2D eigenvalue weighted by Crippen LogP contribution is 2.12. The lowest BCUT2D eigenvalue weighted by atomic mass is 10.2. The largest absolute Gasteiger partial charge is 0.389 e. The van der Waals surface area contributed by atoms with E-state index in [-0.39, 0.29) is 0 Å². The Morgan fingerprint density at radius 1 is 1.55 bits per heavy atom. The molecule has 0 fully saturated rings. The summed E-state index contributed by atoms with van der Waals surface area (Å²) >= 11 is 3.49. The average molecular weight is 319 g/mol. The molecule has 2 atom stereocenters. The zero-order valence-corrected chi connectivity index (χ0v) is 14.2. The van der Waals surface area contributed by atoms with E-state index < -0.39 is 6.10 Å². The van der Waals surface area contributed by atoms with Crippen LogP contribution in [0.2, 0.25) is 0 Å². The molecule has 0 aromatic carbocycles. The lowest BCUT2D eigenvalue weighted by Crippen LogP contribution is -2.38. The molecule has 1 aromatic rings. The molecule has 0 radical (unpaired) electrons. The molecule has 1 rings (SSSR count). The van der Waals surface area contributed by atoms with E-state index in [1.54, 1.807) is 11.3 Å². The van der Waals surface area contributed by atoms with Crippen LogP contribution in [0.15, 0.2) is 5.51 Å². The zero-order valence-electron chi connectivity index (χ0n) is 12.6. The maximum atomic E-state index is 9.87. The third-order valence-electron chi connectivity index (χ3n) is 3.13. The zero-order chi connectivity index (χ0) is 14.8. The van der Waals surface area contributed by atoms with E-state index >= 15 is 0 Å². The SMILES string of the molecule is CCC(CSC)NCC(O)COCCc1scnc1C. The van der Waals surface area contributed by atoms with Crippen LogP contribution in [0.3, 0.4) is 0 Å². The van der Waals surface area contributed by atoms with Gasteiger partial charge < -0.3 is 15.2 Å². The Kier molecular flexibility index (Phi) is 9.46. The number of thiazole rings is 1. The van der Waals surface area contributed by atoms with Gasteiger partial charge in [-0.3, -0.25) is 0 Å². The van der Waals surface area contributed by atoms with Crippen molar-refractivity contribution < 1.29 is 9.84 Å². The fraction of sp³-hybridized carbons (Fsp3) is 0.786. The first-order chi connectivity index (χ1) is 9.67. The first kappa shape index (κ1) is 17.9. The minimum Gasteiger partial charge on any atom is -0.389 e. The lowest BCUT2D eigenvalue weighted by Gasteiger charge is -2.18. The topological polar surface area (TPSA) is 54.4 Å². The molecule has 0 bridgehead atoms. The molecule has 1 heterocycles. The van der Waals surface area contributed by atoms with Crippen molar-refractivity contribution in [1.82, 2.24) is 10.3 Å². The summed E-state index contributed by atoms with van der Waals surface area (Å²) in [6.45, 7) is 5.80. The van der Waals surface area contributed by atoms with Crippen molar-refractivity contribution in [2.45, 2.75) is 38.8 Å². The van der Waals surface area contributed by atoms with Gasteiger partial charge in [0.1, 0.15) is 0 Å². The van der Waals surface area contributed by atoms with Gasteiger partial charge in [-0.15, -0.1) is 11.3 Å². The van der Waals surface area contributed by atoms with Crippen LogP contribution in [0.1, 0.15) is 23.9 Å². The highest BCUT2D eigenvalue weighted by Gasteiger charge is 2.09. The molecule has 0 saturated heterocycles. The molecule has 0 aliphatic heterocycles. The second-order valence-corrected chi connectivity index (χ2v) is 6.66. The van der Waals surface area contributed by atoms with E-state index in [9.17, 15) is 5.11 Å². The number of ether oxygens (including phenoxy) is 1. The molecule has 2 N–H and O–H groups in total. The molecule has 0 aliphatic carbocycles. The number of nitrogens with zero attached hydrogens (tertiary/aromatic N) is 1. The Labute approximate surface area is 130 Å². The Morgan fingerprint density at radius 2 is 2.35 bits per heavy atom. The molecule has 20 heavy (non-hydrogen) atoms. The molecular weight excluding hydrogens is 292 g/mol. The summed E-state index contributed by atoms with van der Waals surface area (Å²) in [6, 6.07) is 0.472. The van der Waals surface area contributed by atoms with Crippen molar-refractivity contribution in [3.63, 3.8) is 0 Å². The number of aliphatic hydroxyl groups is 1. The number of aromatic nitrogens is 1. The molecule has 0 amide bonds. The summed E-state index contributed by atoms with van der Waals surface area (Å²) in [5.41, 5.74) is 2.95. The third-order valence-corrected chi connectivity index (χ3v) is 4.86. The number of aliphatic hydroxyl groups excluding tert-OH is 1. The Morgan fingerprint density at radius 3 is 2.95 bits per heavy atom. The number of hydrogen-bond acceptors (Lipinski definition) is 6. The van der Waals surface area contributed by atoms with Gasteiger partial charge >= 0.3 is 0 Å². The van der Waals surface area contributed by atoms with Crippen LogP contribution < -0.4 is 5.32 Å². The van der Waals surface area contributed by atoms with Gasteiger partial charge in [0, 0.05) is 29.6 Å². The summed E-state index contributed by atoms with van der Waals surface area (Å²) in [4.78, 5) is 5.48. The molecule has 6 heteroatoms. The Balaban J connectivity index is 2.08. The molecule has 0 aliphatic rings. The summed E-state index contributed by atoms with van der Waals surface area (Å²) in [5.74, 6) is 1.08. The summed E-state index contributed by atoms with van der Waals surface area (Å²) in [6.07, 6.45) is 3.62. The molecule has 0 saturated carbocycles. The number of aryl methyl sites for hydroxylation is 1. The first-order valence-electron chi connectivity index (χ1n) is 7.04. The van der Waals surface area contributed by atoms with Crippen molar-refractivity contribution in [3.8, 4) is 0 Å². The highest BCUT2D eigenvalue weighted by atomic mass is 32.2. The van der Waals surface area contributed by atoms with Gasteiger partial charge in [-0.1, -0.05) is 6.92 Å². The molecule has 2 unspecified atom stereocenters. The van der Waals surface area contributed by atoms with Gasteiger partial charge in [-0.05, 0) is 19.6 Å². The van der Waals surface area contributed by atoms with Crippen molar-refractivity contribution in [1.29, 1.82) is 0 Å². The molecule has 0 spiro atoms. The lowest BCUT2D eigenvalue weighted by molar-refractivity contribution is 0.0374. The normalized spacial score (nSPS) is 14.4. The fourth-order valence-corrected chi connectivity index (χ4v) is 3.35. The van der Waals surface area contributed by atoms with Crippen molar-refractivity contribution >= 4 is 23.1 Å². The average Bonchev–Trinajstić information content (AvgIpc) is 2.85.